The number of halogens is 1. The van der Waals surface area contributed by atoms with E-state index in [2.05, 4.69) is 15.2 Å². The third-order valence-electron chi connectivity index (χ3n) is 3.86. The number of carbonyl (C=O) groups excluding carboxylic acids is 1. The number of nitrogens with one attached hydrogen (secondary N) is 1. The van der Waals surface area contributed by atoms with Crippen molar-refractivity contribution in [3.05, 3.63) is 23.0 Å². The van der Waals surface area contributed by atoms with Gasteiger partial charge in [0.05, 0.1) is 0 Å². The third-order valence-corrected chi connectivity index (χ3v) is 4.14. The van der Waals surface area contributed by atoms with Gasteiger partial charge in [0.2, 0.25) is 0 Å². The van der Waals surface area contributed by atoms with E-state index in [4.69, 9.17) is 11.6 Å². The van der Waals surface area contributed by atoms with E-state index in [0.29, 0.717) is 5.92 Å². The van der Waals surface area contributed by atoms with Gasteiger partial charge in [-0.3, -0.25) is 4.79 Å². The number of carbonyl (C=O) groups is 1. The van der Waals surface area contributed by atoms with Crippen LogP contribution in [0.2, 0.25) is 5.15 Å². The smallest absolute Gasteiger partial charge is 0.270 e. The van der Waals surface area contributed by atoms with E-state index < -0.39 is 0 Å². The highest BCUT2D eigenvalue weighted by atomic mass is 35.5. The molecule has 19 heavy (non-hydrogen) atoms. The van der Waals surface area contributed by atoms with Gasteiger partial charge in [-0.05, 0) is 37.4 Å². The molecule has 0 spiro atoms. The molecular formula is C13H16ClN3O2. The molecule has 2 saturated heterocycles. The van der Waals surface area contributed by atoms with Crippen LogP contribution < -0.4 is 5.32 Å². The fraction of sp³-hybridized carbons (Fsp3) is 0.538. The molecule has 0 aromatic carbocycles. The summed E-state index contributed by atoms with van der Waals surface area (Å²) in [5.74, 6) is 0.366. The predicted molar refractivity (Wildman–Crippen MR) is 71.3 cm³/mol. The average molecular weight is 282 g/mol. The highest BCUT2D eigenvalue weighted by Crippen LogP contribution is 2.27. The standard InChI is InChI=1S/C13H16ClN3O2/c14-12-11(18)2-1-10(16-12)13(19)15-9-5-8-3-4-17(6-8)7-9/h1-2,8-9,18H,3-7H2,(H,15,19). The minimum absolute atomic E-state index is 0.0416. The lowest BCUT2D eigenvalue weighted by Gasteiger charge is -2.30. The Labute approximate surface area is 116 Å². The van der Waals surface area contributed by atoms with Crippen LogP contribution >= 0.6 is 11.6 Å². The lowest BCUT2D eigenvalue weighted by molar-refractivity contribution is 0.0904. The van der Waals surface area contributed by atoms with E-state index in [1.54, 1.807) is 0 Å². The molecule has 5 nitrogen and oxygen atoms in total. The van der Waals surface area contributed by atoms with Crippen molar-refractivity contribution in [2.45, 2.75) is 18.9 Å². The molecule has 3 rings (SSSR count). The fourth-order valence-corrected chi connectivity index (χ4v) is 3.13. The number of fused-ring (bicyclic) bond motifs is 2. The van der Waals surface area contributed by atoms with E-state index in [1.165, 1.54) is 18.6 Å². The largest absolute Gasteiger partial charge is 0.505 e. The van der Waals surface area contributed by atoms with Gasteiger partial charge in [0, 0.05) is 19.1 Å². The Hall–Kier alpha value is -1.33. The van der Waals surface area contributed by atoms with Crippen LogP contribution in [0.5, 0.6) is 5.75 Å². The second kappa shape index (κ2) is 4.98. The van der Waals surface area contributed by atoms with E-state index in [0.717, 1.165) is 26.1 Å². The zero-order chi connectivity index (χ0) is 13.4. The first-order valence-electron chi connectivity index (χ1n) is 6.50. The number of nitrogens with zero attached hydrogens (tertiary/aromatic N) is 2. The average Bonchev–Trinajstić information content (AvgIpc) is 2.72. The normalized spacial score (nSPS) is 29.2. The number of aromatic hydroxyl groups is 1. The SMILES string of the molecule is O=C(NC1CC2CCN(C2)C1)c1ccc(O)c(Cl)n1. The number of aromatic nitrogens is 1. The van der Waals surface area contributed by atoms with Gasteiger partial charge in [-0.15, -0.1) is 0 Å². The number of piperidine rings is 1. The third kappa shape index (κ3) is 2.67. The van der Waals surface area contributed by atoms with E-state index >= 15 is 0 Å². The molecule has 1 aromatic rings. The summed E-state index contributed by atoms with van der Waals surface area (Å²) >= 11 is 5.71. The van der Waals surface area contributed by atoms with Gasteiger partial charge in [0.15, 0.2) is 10.9 Å². The molecule has 0 radical (unpaired) electrons. The Morgan fingerprint density at radius 1 is 1.47 bits per heavy atom. The van der Waals surface area contributed by atoms with Gasteiger partial charge >= 0.3 is 0 Å². The van der Waals surface area contributed by atoms with Crippen LogP contribution in [0.3, 0.4) is 0 Å². The van der Waals surface area contributed by atoms with Crippen molar-refractivity contribution < 1.29 is 9.90 Å². The summed E-state index contributed by atoms with van der Waals surface area (Å²) in [6, 6.07) is 3.05. The highest BCUT2D eigenvalue weighted by molar-refractivity contribution is 6.30. The Kier molecular flexibility index (Phi) is 3.33. The molecule has 1 aromatic heterocycles. The van der Waals surface area contributed by atoms with Crippen molar-refractivity contribution in [2.75, 3.05) is 19.6 Å². The summed E-state index contributed by atoms with van der Waals surface area (Å²) in [6.07, 6.45) is 2.27. The van der Waals surface area contributed by atoms with Crippen LogP contribution in [0.1, 0.15) is 23.3 Å². The minimum Gasteiger partial charge on any atom is -0.505 e. The quantitative estimate of drug-likeness (QED) is 0.801. The van der Waals surface area contributed by atoms with Crippen LogP contribution in [0.4, 0.5) is 0 Å². The second-order valence-electron chi connectivity index (χ2n) is 5.33. The van der Waals surface area contributed by atoms with Crippen molar-refractivity contribution >= 4 is 17.5 Å². The first-order chi connectivity index (χ1) is 9.11. The summed E-state index contributed by atoms with van der Waals surface area (Å²) in [4.78, 5) is 18.3. The number of hydrogen-bond donors (Lipinski definition) is 2. The minimum atomic E-state index is -0.227. The Morgan fingerprint density at radius 2 is 2.32 bits per heavy atom. The second-order valence-corrected chi connectivity index (χ2v) is 5.68. The predicted octanol–water partition coefficient (Wildman–Crippen LogP) is 1.26. The number of amides is 1. The summed E-state index contributed by atoms with van der Waals surface area (Å²) in [5.41, 5.74) is 0.246. The topological polar surface area (TPSA) is 65.5 Å². The molecule has 0 saturated carbocycles. The maximum atomic E-state index is 12.1. The highest BCUT2D eigenvalue weighted by Gasteiger charge is 2.33. The number of pyridine rings is 1. The Bertz CT molecular complexity index is 497. The molecular weight excluding hydrogens is 266 g/mol. The number of hydrogen-bond acceptors (Lipinski definition) is 4. The molecule has 2 N–H and O–H groups in total. The molecule has 2 aliphatic rings. The zero-order valence-electron chi connectivity index (χ0n) is 10.5. The lowest BCUT2D eigenvalue weighted by Crippen LogP contribution is -2.47. The molecule has 3 atom stereocenters. The van der Waals surface area contributed by atoms with Crippen LogP contribution in [0.15, 0.2) is 12.1 Å². The van der Waals surface area contributed by atoms with Gasteiger partial charge in [0.1, 0.15) is 5.69 Å². The lowest BCUT2D eigenvalue weighted by atomic mass is 9.97. The van der Waals surface area contributed by atoms with Gasteiger partial charge in [0.25, 0.3) is 5.91 Å². The van der Waals surface area contributed by atoms with Crippen molar-refractivity contribution in [1.29, 1.82) is 0 Å². The van der Waals surface area contributed by atoms with Crippen molar-refractivity contribution in [3.8, 4) is 5.75 Å². The molecule has 3 heterocycles. The maximum Gasteiger partial charge on any atom is 0.270 e. The first kappa shape index (κ1) is 12.7. The molecule has 0 aliphatic carbocycles. The maximum absolute atomic E-state index is 12.1. The van der Waals surface area contributed by atoms with Gasteiger partial charge in [-0.2, -0.15) is 0 Å². The molecule has 2 aliphatic heterocycles. The Balaban J connectivity index is 1.66. The van der Waals surface area contributed by atoms with Gasteiger partial charge < -0.3 is 15.3 Å². The van der Waals surface area contributed by atoms with Crippen molar-refractivity contribution in [3.63, 3.8) is 0 Å². The fourth-order valence-electron chi connectivity index (χ4n) is 2.98. The zero-order valence-corrected chi connectivity index (χ0v) is 11.2. The summed E-state index contributed by atoms with van der Waals surface area (Å²) in [7, 11) is 0. The molecule has 6 heteroatoms. The molecule has 1 amide bonds. The van der Waals surface area contributed by atoms with E-state index in [-0.39, 0.29) is 28.5 Å². The Morgan fingerprint density at radius 3 is 3.05 bits per heavy atom. The van der Waals surface area contributed by atoms with Crippen LogP contribution in [-0.2, 0) is 0 Å². The van der Waals surface area contributed by atoms with Crippen LogP contribution in [0, 0.1) is 5.92 Å². The van der Waals surface area contributed by atoms with Crippen molar-refractivity contribution in [1.82, 2.24) is 15.2 Å². The molecule has 2 fully saturated rings. The van der Waals surface area contributed by atoms with E-state index in [9.17, 15) is 9.90 Å². The van der Waals surface area contributed by atoms with Gasteiger partial charge in [-0.1, -0.05) is 11.6 Å². The monoisotopic (exact) mass is 281 g/mol. The van der Waals surface area contributed by atoms with Crippen molar-refractivity contribution in [2.24, 2.45) is 5.92 Å². The number of rotatable bonds is 2. The summed E-state index contributed by atoms with van der Waals surface area (Å²) in [6.45, 7) is 3.21. The molecule has 2 bridgehead atoms. The first-order valence-corrected chi connectivity index (χ1v) is 6.88. The van der Waals surface area contributed by atoms with Crippen LogP contribution in [0.25, 0.3) is 0 Å². The summed E-state index contributed by atoms with van der Waals surface area (Å²) in [5, 5.41) is 12.2. The van der Waals surface area contributed by atoms with Crippen LogP contribution in [-0.4, -0.2) is 46.6 Å². The summed E-state index contributed by atoms with van der Waals surface area (Å²) < 4.78 is 0. The molecule has 102 valence electrons. The molecule has 3 unspecified atom stereocenters. The van der Waals surface area contributed by atoms with E-state index in [1.807, 2.05) is 0 Å². The van der Waals surface area contributed by atoms with Gasteiger partial charge in [-0.25, -0.2) is 4.98 Å².